The molecular weight excluding hydrogens is 237 g/mol. The van der Waals surface area contributed by atoms with Crippen molar-refractivity contribution in [1.82, 2.24) is 9.97 Å². The van der Waals surface area contributed by atoms with Crippen molar-refractivity contribution in [2.24, 2.45) is 0 Å². The Morgan fingerprint density at radius 2 is 1.94 bits per heavy atom. The minimum atomic E-state index is -4.38. The second kappa shape index (κ2) is 4.61. The van der Waals surface area contributed by atoms with Crippen LogP contribution < -0.4 is 0 Å². The van der Waals surface area contributed by atoms with Crippen LogP contribution in [0.3, 0.4) is 0 Å². The van der Waals surface area contributed by atoms with Gasteiger partial charge in [0.1, 0.15) is 5.69 Å². The van der Waals surface area contributed by atoms with Gasteiger partial charge in [-0.25, -0.2) is 9.97 Å². The second-order valence-corrected chi connectivity index (χ2v) is 5.01. The zero-order valence-corrected chi connectivity index (χ0v) is 9.31. The van der Waals surface area contributed by atoms with Gasteiger partial charge >= 0.3 is 6.18 Å². The number of hydrogen-bond donors (Lipinski definition) is 0. The Morgan fingerprint density at radius 1 is 1.25 bits per heavy atom. The average molecular weight is 248 g/mol. The molecule has 2 nitrogen and oxygen atoms in total. The van der Waals surface area contributed by atoms with E-state index in [9.17, 15) is 13.2 Å². The van der Waals surface area contributed by atoms with E-state index in [2.05, 4.69) is 9.97 Å². The van der Waals surface area contributed by atoms with Crippen molar-refractivity contribution in [3.8, 4) is 0 Å². The van der Waals surface area contributed by atoms with Crippen LogP contribution >= 0.6 is 11.8 Å². The fourth-order valence-electron chi connectivity index (χ4n) is 1.71. The number of aromatic nitrogens is 2. The van der Waals surface area contributed by atoms with Crippen molar-refractivity contribution in [1.29, 1.82) is 0 Å². The first-order chi connectivity index (χ1) is 7.55. The summed E-state index contributed by atoms with van der Waals surface area (Å²) < 4.78 is 37.1. The molecule has 0 N–H and O–H groups in total. The highest BCUT2D eigenvalue weighted by atomic mass is 32.2. The highest BCUT2D eigenvalue weighted by Gasteiger charge is 2.33. The number of thioether (sulfide) groups is 1. The lowest BCUT2D eigenvalue weighted by atomic mass is 10.4. The summed E-state index contributed by atoms with van der Waals surface area (Å²) in [7, 11) is 0. The molecule has 1 saturated carbocycles. The molecule has 0 radical (unpaired) electrons. The SMILES string of the molecule is FC(F)(F)c1ccnc(SC2CCCC2)n1. The molecule has 0 saturated heterocycles. The maximum absolute atomic E-state index is 12.4. The maximum Gasteiger partial charge on any atom is 0.433 e. The van der Waals surface area contributed by atoms with Gasteiger partial charge in [-0.3, -0.25) is 0 Å². The Balaban J connectivity index is 2.09. The molecule has 1 aliphatic carbocycles. The van der Waals surface area contributed by atoms with Crippen LogP contribution in [0.2, 0.25) is 0 Å². The van der Waals surface area contributed by atoms with E-state index < -0.39 is 11.9 Å². The number of rotatable bonds is 2. The Morgan fingerprint density at radius 3 is 2.56 bits per heavy atom. The molecule has 1 aliphatic rings. The summed E-state index contributed by atoms with van der Waals surface area (Å²) in [4.78, 5) is 7.40. The van der Waals surface area contributed by atoms with Crippen molar-refractivity contribution in [2.75, 3.05) is 0 Å². The molecule has 1 aromatic rings. The maximum atomic E-state index is 12.4. The van der Waals surface area contributed by atoms with Gasteiger partial charge in [0, 0.05) is 11.4 Å². The van der Waals surface area contributed by atoms with Gasteiger partial charge < -0.3 is 0 Å². The van der Waals surface area contributed by atoms with Crippen LogP contribution in [0.4, 0.5) is 13.2 Å². The number of halogens is 3. The second-order valence-electron chi connectivity index (χ2n) is 3.75. The lowest BCUT2D eigenvalue weighted by Gasteiger charge is -2.09. The number of nitrogens with zero attached hydrogens (tertiary/aromatic N) is 2. The van der Waals surface area contributed by atoms with Crippen LogP contribution in [0.25, 0.3) is 0 Å². The first kappa shape index (κ1) is 11.7. The molecule has 0 bridgehead atoms. The third-order valence-electron chi connectivity index (χ3n) is 2.50. The van der Waals surface area contributed by atoms with Gasteiger partial charge in [0.25, 0.3) is 0 Å². The van der Waals surface area contributed by atoms with Crippen molar-refractivity contribution in [3.63, 3.8) is 0 Å². The van der Waals surface area contributed by atoms with Crippen LogP contribution in [0, 0.1) is 0 Å². The van der Waals surface area contributed by atoms with Gasteiger partial charge in [-0.15, -0.1) is 0 Å². The molecule has 0 amide bonds. The molecule has 88 valence electrons. The molecule has 6 heteroatoms. The zero-order valence-electron chi connectivity index (χ0n) is 8.50. The summed E-state index contributed by atoms with van der Waals surface area (Å²) in [5.41, 5.74) is -0.858. The van der Waals surface area contributed by atoms with Crippen LogP contribution in [0.15, 0.2) is 17.4 Å². The molecule has 0 aliphatic heterocycles. The fraction of sp³-hybridized carbons (Fsp3) is 0.600. The van der Waals surface area contributed by atoms with Gasteiger partial charge in [0.15, 0.2) is 5.16 Å². The lowest BCUT2D eigenvalue weighted by Crippen LogP contribution is -2.09. The molecule has 1 aromatic heterocycles. The predicted molar refractivity (Wildman–Crippen MR) is 55.1 cm³/mol. The molecule has 0 spiro atoms. The molecule has 0 aromatic carbocycles. The minimum Gasteiger partial charge on any atom is -0.231 e. The largest absolute Gasteiger partial charge is 0.433 e. The smallest absolute Gasteiger partial charge is 0.231 e. The average Bonchev–Trinajstić information content (AvgIpc) is 2.70. The lowest BCUT2D eigenvalue weighted by molar-refractivity contribution is -0.141. The Hall–Kier alpha value is -0.780. The first-order valence-corrected chi connectivity index (χ1v) is 6.00. The van der Waals surface area contributed by atoms with E-state index in [0.29, 0.717) is 5.25 Å². The number of hydrogen-bond acceptors (Lipinski definition) is 3. The Kier molecular flexibility index (Phi) is 3.37. The summed E-state index contributed by atoms with van der Waals surface area (Å²) in [5.74, 6) is 0. The van der Waals surface area contributed by atoms with Crippen LogP contribution in [0.1, 0.15) is 31.4 Å². The van der Waals surface area contributed by atoms with E-state index in [4.69, 9.17) is 0 Å². The van der Waals surface area contributed by atoms with E-state index in [1.807, 2.05) is 0 Å². The highest BCUT2D eigenvalue weighted by Crippen LogP contribution is 2.34. The van der Waals surface area contributed by atoms with Crippen molar-refractivity contribution in [2.45, 2.75) is 42.3 Å². The van der Waals surface area contributed by atoms with E-state index in [-0.39, 0.29) is 5.16 Å². The summed E-state index contributed by atoms with van der Waals surface area (Å²) in [5, 5.41) is 0.616. The summed E-state index contributed by atoms with van der Waals surface area (Å²) in [6.07, 6.45) is 1.18. The van der Waals surface area contributed by atoms with Gasteiger partial charge in [-0.1, -0.05) is 24.6 Å². The van der Waals surface area contributed by atoms with E-state index >= 15 is 0 Å². The van der Waals surface area contributed by atoms with Gasteiger partial charge in [0.2, 0.25) is 0 Å². The van der Waals surface area contributed by atoms with Gasteiger partial charge in [-0.05, 0) is 18.9 Å². The standard InChI is InChI=1S/C10H11F3N2S/c11-10(12,13)8-5-6-14-9(15-8)16-7-3-1-2-4-7/h5-7H,1-4H2. The summed E-state index contributed by atoms with van der Waals surface area (Å²) in [6.45, 7) is 0. The van der Waals surface area contributed by atoms with Gasteiger partial charge in [0.05, 0.1) is 0 Å². The first-order valence-electron chi connectivity index (χ1n) is 5.12. The fourth-order valence-corrected chi connectivity index (χ4v) is 2.85. The zero-order chi connectivity index (χ0) is 11.6. The molecule has 1 fully saturated rings. The minimum absolute atomic E-state index is 0.238. The predicted octanol–water partition coefficient (Wildman–Crippen LogP) is 3.53. The summed E-state index contributed by atoms with van der Waals surface area (Å²) >= 11 is 1.36. The van der Waals surface area contributed by atoms with Crippen molar-refractivity contribution in [3.05, 3.63) is 18.0 Å². The Bertz CT molecular complexity index is 361. The quantitative estimate of drug-likeness (QED) is 0.749. The van der Waals surface area contributed by atoms with E-state index in [1.54, 1.807) is 0 Å². The van der Waals surface area contributed by atoms with Crippen molar-refractivity contribution < 1.29 is 13.2 Å². The van der Waals surface area contributed by atoms with E-state index in [1.165, 1.54) is 18.0 Å². The third-order valence-corrected chi connectivity index (χ3v) is 3.71. The summed E-state index contributed by atoms with van der Waals surface area (Å²) in [6, 6.07) is 0.901. The monoisotopic (exact) mass is 248 g/mol. The highest BCUT2D eigenvalue weighted by molar-refractivity contribution is 7.99. The topological polar surface area (TPSA) is 25.8 Å². The van der Waals surface area contributed by atoms with Crippen molar-refractivity contribution >= 4 is 11.8 Å². The Labute approximate surface area is 95.7 Å². The molecule has 0 atom stereocenters. The van der Waals surface area contributed by atoms with Crippen LogP contribution in [-0.4, -0.2) is 15.2 Å². The normalized spacial score (nSPS) is 17.9. The van der Waals surface area contributed by atoms with Crippen LogP contribution in [0.5, 0.6) is 0 Å². The molecule has 0 unspecified atom stereocenters. The molecule has 16 heavy (non-hydrogen) atoms. The molecular formula is C10H11F3N2S. The molecule has 1 heterocycles. The molecule has 2 rings (SSSR count). The van der Waals surface area contributed by atoms with E-state index in [0.717, 1.165) is 31.7 Å². The van der Waals surface area contributed by atoms with Gasteiger partial charge in [-0.2, -0.15) is 13.2 Å². The third kappa shape index (κ3) is 2.87. The van der Waals surface area contributed by atoms with Crippen LogP contribution in [-0.2, 0) is 6.18 Å². The number of alkyl halides is 3.